The summed E-state index contributed by atoms with van der Waals surface area (Å²) in [5, 5.41) is 6.80. The first kappa shape index (κ1) is 23.1. The number of ether oxygens (including phenoxy) is 1. The van der Waals surface area contributed by atoms with Crippen LogP contribution in [0.25, 0.3) is 22.3 Å². The van der Waals surface area contributed by atoms with Gasteiger partial charge in [0.25, 0.3) is 0 Å². The summed E-state index contributed by atoms with van der Waals surface area (Å²) in [7, 11) is 0. The number of pyridine rings is 1. The number of carbonyl (C=O) groups is 1. The first-order valence-electron chi connectivity index (χ1n) is 13.0. The van der Waals surface area contributed by atoms with Crippen LogP contribution in [0.15, 0.2) is 42.7 Å². The highest BCUT2D eigenvalue weighted by Gasteiger charge is 2.28. The Balaban J connectivity index is 1.15. The van der Waals surface area contributed by atoms with Crippen LogP contribution in [0, 0.1) is 5.92 Å². The Morgan fingerprint density at radius 2 is 1.89 bits per heavy atom. The van der Waals surface area contributed by atoms with Gasteiger partial charge in [-0.3, -0.25) is 9.78 Å². The fourth-order valence-corrected chi connectivity index (χ4v) is 4.96. The molecule has 0 unspecified atom stereocenters. The summed E-state index contributed by atoms with van der Waals surface area (Å²) in [6, 6.07) is 10.5. The maximum atomic E-state index is 12.4. The molecule has 188 valence electrons. The molecule has 1 saturated carbocycles. The Morgan fingerprint density at radius 3 is 2.64 bits per heavy atom. The molecular weight excluding hydrogens is 454 g/mol. The number of benzene rings is 1. The average Bonchev–Trinajstić information content (AvgIpc) is 3.76. The summed E-state index contributed by atoms with van der Waals surface area (Å²) in [6.45, 7) is 6.42. The third kappa shape index (κ3) is 5.27. The van der Waals surface area contributed by atoms with Crippen LogP contribution in [0.3, 0.4) is 0 Å². The van der Waals surface area contributed by atoms with Crippen LogP contribution in [0.4, 0.5) is 11.5 Å². The number of anilines is 2. The Morgan fingerprint density at radius 1 is 1.08 bits per heavy atom. The lowest BCUT2D eigenvalue weighted by Crippen LogP contribution is -2.48. The molecule has 3 aromatic rings. The highest BCUT2D eigenvalue weighted by molar-refractivity contribution is 5.88. The van der Waals surface area contributed by atoms with Crippen molar-refractivity contribution in [2.24, 2.45) is 5.92 Å². The smallest absolute Gasteiger partial charge is 0.222 e. The molecule has 4 heterocycles. The van der Waals surface area contributed by atoms with Crippen LogP contribution in [-0.4, -0.2) is 84.3 Å². The molecule has 6 rings (SSSR count). The number of rotatable bonds is 7. The number of carbonyl (C=O) groups excluding carboxylic acids is 1. The van der Waals surface area contributed by atoms with Crippen molar-refractivity contribution >= 4 is 28.4 Å². The molecule has 3 aliphatic rings. The van der Waals surface area contributed by atoms with Gasteiger partial charge in [-0.15, -0.1) is 0 Å². The van der Waals surface area contributed by atoms with E-state index in [1.165, 1.54) is 18.5 Å². The van der Waals surface area contributed by atoms with Crippen LogP contribution < -0.4 is 15.5 Å². The Kier molecular flexibility index (Phi) is 6.65. The van der Waals surface area contributed by atoms with E-state index in [0.717, 1.165) is 80.4 Å². The van der Waals surface area contributed by atoms with E-state index in [1.54, 1.807) is 12.4 Å². The maximum absolute atomic E-state index is 12.4. The molecule has 1 aromatic carbocycles. The van der Waals surface area contributed by atoms with E-state index in [2.05, 4.69) is 49.8 Å². The number of hydrogen-bond donors (Lipinski definition) is 2. The fourth-order valence-electron chi connectivity index (χ4n) is 4.96. The third-order valence-electron chi connectivity index (χ3n) is 7.28. The Labute approximate surface area is 211 Å². The zero-order chi connectivity index (χ0) is 24.3. The van der Waals surface area contributed by atoms with Gasteiger partial charge in [0.15, 0.2) is 5.82 Å². The molecule has 2 saturated heterocycles. The number of aromatic nitrogens is 3. The van der Waals surface area contributed by atoms with Gasteiger partial charge in [0.05, 0.1) is 23.9 Å². The molecule has 2 aromatic heterocycles. The predicted octanol–water partition coefficient (Wildman–Crippen LogP) is 2.54. The monoisotopic (exact) mass is 487 g/mol. The van der Waals surface area contributed by atoms with Gasteiger partial charge in [0.2, 0.25) is 5.91 Å². The van der Waals surface area contributed by atoms with Crippen LogP contribution in [0.2, 0.25) is 0 Å². The summed E-state index contributed by atoms with van der Waals surface area (Å²) in [6.07, 6.45) is 6.68. The van der Waals surface area contributed by atoms with Gasteiger partial charge >= 0.3 is 0 Å². The van der Waals surface area contributed by atoms with Crippen LogP contribution in [0.1, 0.15) is 19.3 Å². The summed E-state index contributed by atoms with van der Waals surface area (Å²) in [5.41, 5.74) is 4.63. The first-order chi connectivity index (χ1) is 17.7. The Hall–Kier alpha value is -3.30. The lowest BCUT2D eigenvalue weighted by atomic mass is 10.1. The zero-order valence-corrected chi connectivity index (χ0v) is 20.5. The molecule has 0 bridgehead atoms. The first-order valence-corrected chi connectivity index (χ1v) is 13.0. The van der Waals surface area contributed by atoms with Crippen molar-refractivity contribution in [1.29, 1.82) is 0 Å². The van der Waals surface area contributed by atoms with E-state index in [9.17, 15) is 4.79 Å². The second kappa shape index (κ2) is 10.4. The van der Waals surface area contributed by atoms with Crippen molar-refractivity contribution in [3.05, 3.63) is 42.7 Å². The average molecular weight is 488 g/mol. The van der Waals surface area contributed by atoms with Gasteiger partial charge in [-0.05, 0) is 37.0 Å². The standard InChI is InChI=1S/C27H33N7O2/c35-25(15-19-1-2-19)34-12-10-33(11-13-34)21-5-3-20(4-6-21)23-16-24-26(30-8-7-29-24)27(32-23)31-18-22-17-28-9-14-36-22/h3-8,16,19,22,28H,1-2,9-15,17-18H2,(H,31,32)/t22-/m0/s1. The van der Waals surface area contributed by atoms with E-state index in [0.29, 0.717) is 18.4 Å². The van der Waals surface area contributed by atoms with Crippen molar-refractivity contribution in [2.45, 2.75) is 25.4 Å². The summed E-state index contributed by atoms with van der Waals surface area (Å²) in [4.78, 5) is 30.8. The van der Waals surface area contributed by atoms with E-state index in [1.807, 2.05) is 11.0 Å². The minimum atomic E-state index is 0.0969. The molecule has 0 radical (unpaired) electrons. The molecule has 1 amide bonds. The molecule has 3 fully saturated rings. The minimum Gasteiger partial charge on any atom is -0.374 e. The third-order valence-corrected chi connectivity index (χ3v) is 7.28. The van der Waals surface area contributed by atoms with Crippen molar-refractivity contribution < 1.29 is 9.53 Å². The number of fused-ring (bicyclic) bond motifs is 1. The molecular formula is C27H33N7O2. The van der Waals surface area contributed by atoms with E-state index >= 15 is 0 Å². The summed E-state index contributed by atoms with van der Waals surface area (Å²) < 4.78 is 5.82. The van der Waals surface area contributed by atoms with Gasteiger partial charge in [-0.25, -0.2) is 9.97 Å². The SMILES string of the molecule is O=C(CC1CC1)N1CCN(c2ccc(-c3cc4nccnc4c(NC[C@@H]4CNCCO4)n3)cc2)CC1. The Bertz CT molecular complexity index is 1200. The molecule has 36 heavy (non-hydrogen) atoms. The van der Waals surface area contributed by atoms with Crippen molar-refractivity contribution in [3.63, 3.8) is 0 Å². The number of morpholine rings is 1. The molecule has 1 aliphatic carbocycles. The minimum absolute atomic E-state index is 0.0969. The normalized spacial score (nSPS) is 20.5. The van der Waals surface area contributed by atoms with Crippen molar-refractivity contribution in [1.82, 2.24) is 25.2 Å². The van der Waals surface area contributed by atoms with E-state index < -0.39 is 0 Å². The lowest BCUT2D eigenvalue weighted by Gasteiger charge is -2.36. The quantitative estimate of drug-likeness (QED) is 0.525. The van der Waals surface area contributed by atoms with Gasteiger partial charge in [0.1, 0.15) is 5.52 Å². The van der Waals surface area contributed by atoms with Crippen LogP contribution in [0.5, 0.6) is 0 Å². The van der Waals surface area contributed by atoms with Gasteiger partial charge < -0.3 is 25.2 Å². The summed E-state index contributed by atoms with van der Waals surface area (Å²) in [5.74, 6) is 1.70. The second-order valence-corrected chi connectivity index (χ2v) is 9.92. The van der Waals surface area contributed by atoms with Crippen LogP contribution >= 0.6 is 0 Å². The molecule has 0 spiro atoms. The molecule has 2 aliphatic heterocycles. The molecule has 1 atom stereocenters. The highest BCUT2D eigenvalue weighted by atomic mass is 16.5. The molecule has 9 heteroatoms. The number of hydrogen-bond acceptors (Lipinski definition) is 8. The van der Waals surface area contributed by atoms with Gasteiger partial charge in [-0.1, -0.05) is 12.1 Å². The zero-order valence-electron chi connectivity index (χ0n) is 20.5. The topological polar surface area (TPSA) is 95.5 Å². The molecule has 2 N–H and O–H groups in total. The highest BCUT2D eigenvalue weighted by Crippen LogP contribution is 2.33. The maximum Gasteiger partial charge on any atom is 0.222 e. The second-order valence-electron chi connectivity index (χ2n) is 9.92. The van der Waals surface area contributed by atoms with Gasteiger partial charge in [0, 0.05) is 75.9 Å². The summed E-state index contributed by atoms with van der Waals surface area (Å²) >= 11 is 0. The number of piperazine rings is 1. The number of nitrogens with zero attached hydrogens (tertiary/aromatic N) is 5. The lowest BCUT2D eigenvalue weighted by molar-refractivity contribution is -0.131. The predicted molar refractivity (Wildman–Crippen MR) is 140 cm³/mol. The molecule has 9 nitrogen and oxygen atoms in total. The van der Waals surface area contributed by atoms with Crippen molar-refractivity contribution in [3.8, 4) is 11.3 Å². The van der Waals surface area contributed by atoms with Crippen molar-refractivity contribution in [2.75, 3.05) is 62.6 Å². The number of amides is 1. The van der Waals surface area contributed by atoms with E-state index in [-0.39, 0.29) is 6.10 Å². The van der Waals surface area contributed by atoms with E-state index in [4.69, 9.17) is 9.72 Å². The largest absolute Gasteiger partial charge is 0.374 e. The fraction of sp³-hybridized carbons (Fsp3) is 0.481. The van der Waals surface area contributed by atoms with Crippen LogP contribution in [-0.2, 0) is 9.53 Å². The number of nitrogens with one attached hydrogen (secondary N) is 2. The van der Waals surface area contributed by atoms with Gasteiger partial charge in [-0.2, -0.15) is 0 Å².